The molecule has 1 saturated heterocycles. The highest BCUT2D eigenvalue weighted by Gasteiger charge is 2.31. The van der Waals surface area contributed by atoms with Gasteiger partial charge in [-0.25, -0.2) is 0 Å². The van der Waals surface area contributed by atoms with Crippen molar-refractivity contribution in [2.24, 2.45) is 7.05 Å². The average Bonchev–Trinajstić information content (AvgIpc) is 2.93. The van der Waals surface area contributed by atoms with Crippen molar-refractivity contribution in [3.8, 4) is 0 Å². The van der Waals surface area contributed by atoms with Gasteiger partial charge in [-0.1, -0.05) is 0 Å². The number of piperazine rings is 1. The molecule has 7 nitrogen and oxygen atoms in total. The third-order valence-corrected chi connectivity index (χ3v) is 4.25. The molecule has 2 atom stereocenters. The largest absolute Gasteiger partial charge is 0.383 e. The summed E-state index contributed by atoms with van der Waals surface area (Å²) in [6, 6.07) is 0.0191. The first-order valence-corrected chi connectivity index (χ1v) is 7.74. The van der Waals surface area contributed by atoms with Crippen LogP contribution in [-0.2, 0) is 16.6 Å². The summed E-state index contributed by atoms with van der Waals surface area (Å²) in [4.78, 5) is 17.1. The monoisotopic (exact) mass is 309 g/mol. The number of hydrogen-bond acceptors (Lipinski definition) is 5. The molecule has 0 aromatic carbocycles. The van der Waals surface area contributed by atoms with Crippen LogP contribution in [0.4, 0.5) is 0 Å². The Morgan fingerprint density at radius 3 is 2.86 bits per heavy atom. The second-order valence-corrected chi connectivity index (χ2v) is 5.83. The maximum atomic E-state index is 12.8. The Morgan fingerprint density at radius 2 is 2.32 bits per heavy atom. The van der Waals surface area contributed by atoms with E-state index in [1.54, 1.807) is 18.0 Å². The van der Waals surface area contributed by atoms with Crippen molar-refractivity contribution in [3.63, 3.8) is 0 Å². The van der Waals surface area contributed by atoms with Gasteiger partial charge >= 0.3 is 0 Å². The standard InChI is InChI=1S/C15H27N5O2/c1-12-10-20(6-5-19(12)7-8-22-4)15(21)14(16-2)13-9-17-18(3)11-13/h9,11-12,14,16H,5-8,10H2,1-4H3. The molecular weight excluding hydrogens is 282 g/mol. The van der Waals surface area contributed by atoms with E-state index < -0.39 is 0 Å². The number of nitrogens with one attached hydrogen (secondary N) is 1. The first kappa shape index (κ1) is 16.9. The Bertz CT molecular complexity index is 490. The quantitative estimate of drug-likeness (QED) is 0.792. The highest BCUT2D eigenvalue weighted by Crippen LogP contribution is 2.18. The summed E-state index contributed by atoms with van der Waals surface area (Å²) in [7, 11) is 5.39. The molecular formula is C15H27N5O2. The Labute approximate surface area is 132 Å². The molecule has 1 N–H and O–H groups in total. The highest BCUT2D eigenvalue weighted by atomic mass is 16.5. The number of likely N-dealkylation sites (N-methyl/N-ethyl adjacent to an activating group) is 1. The first-order chi connectivity index (χ1) is 10.6. The van der Waals surface area contributed by atoms with Gasteiger partial charge in [0.25, 0.3) is 0 Å². The maximum absolute atomic E-state index is 12.8. The summed E-state index contributed by atoms with van der Waals surface area (Å²) >= 11 is 0. The van der Waals surface area contributed by atoms with Crippen LogP contribution in [0.5, 0.6) is 0 Å². The van der Waals surface area contributed by atoms with Gasteiger partial charge in [-0.2, -0.15) is 5.10 Å². The lowest BCUT2D eigenvalue weighted by atomic mass is 10.1. The molecule has 0 bridgehead atoms. The van der Waals surface area contributed by atoms with Crippen molar-refractivity contribution in [1.82, 2.24) is 24.9 Å². The molecule has 2 rings (SSSR count). The molecule has 0 spiro atoms. The minimum absolute atomic E-state index is 0.119. The van der Waals surface area contributed by atoms with Crippen molar-refractivity contribution >= 4 is 5.91 Å². The number of carbonyl (C=O) groups is 1. The Kier molecular flexibility index (Phi) is 5.93. The fourth-order valence-corrected chi connectivity index (χ4v) is 2.94. The molecule has 1 aliphatic rings. The third-order valence-electron chi connectivity index (χ3n) is 4.25. The number of nitrogens with zero attached hydrogens (tertiary/aromatic N) is 4. The van der Waals surface area contributed by atoms with Crippen LogP contribution in [0, 0.1) is 0 Å². The molecule has 1 aromatic heterocycles. The van der Waals surface area contributed by atoms with Crippen molar-refractivity contribution in [3.05, 3.63) is 18.0 Å². The maximum Gasteiger partial charge on any atom is 0.244 e. The predicted octanol–water partition coefficient (Wildman–Crippen LogP) is -0.140. The van der Waals surface area contributed by atoms with Crippen LogP contribution >= 0.6 is 0 Å². The van der Waals surface area contributed by atoms with Crippen molar-refractivity contribution in [1.29, 1.82) is 0 Å². The summed E-state index contributed by atoms with van der Waals surface area (Å²) in [5.41, 5.74) is 0.907. The van der Waals surface area contributed by atoms with Gasteiger partial charge in [0.2, 0.25) is 5.91 Å². The first-order valence-electron chi connectivity index (χ1n) is 7.74. The van der Waals surface area contributed by atoms with Crippen molar-refractivity contribution in [2.75, 3.05) is 46.9 Å². The second kappa shape index (κ2) is 7.71. The smallest absolute Gasteiger partial charge is 0.244 e. The van der Waals surface area contributed by atoms with E-state index in [1.165, 1.54) is 0 Å². The molecule has 0 radical (unpaired) electrons. The van der Waals surface area contributed by atoms with Gasteiger partial charge in [0.05, 0.1) is 12.8 Å². The predicted molar refractivity (Wildman–Crippen MR) is 84.5 cm³/mol. The normalized spacial score (nSPS) is 21.1. The van der Waals surface area contributed by atoms with Crippen LogP contribution in [0.1, 0.15) is 18.5 Å². The highest BCUT2D eigenvalue weighted by molar-refractivity contribution is 5.83. The minimum Gasteiger partial charge on any atom is -0.383 e. The van der Waals surface area contributed by atoms with Gasteiger partial charge in [0.15, 0.2) is 0 Å². The zero-order chi connectivity index (χ0) is 16.1. The average molecular weight is 309 g/mol. The number of ether oxygens (including phenoxy) is 1. The Morgan fingerprint density at radius 1 is 1.55 bits per heavy atom. The van der Waals surface area contributed by atoms with Gasteiger partial charge in [0.1, 0.15) is 6.04 Å². The second-order valence-electron chi connectivity index (χ2n) is 5.83. The molecule has 1 aromatic rings. The fraction of sp³-hybridized carbons (Fsp3) is 0.733. The van der Waals surface area contributed by atoms with E-state index in [2.05, 4.69) is 22.2 Å². The summed E-state index contributed by atoms with van der Waals surface area (Å²) in [5, 5.41) is 7.27. The van der Waals surface area contributed by atoms with Crippen LogP contribution in [0.25, 0.3) is 0 Å². The molecule has 0 aliphatic carbocycles. The lowest BCUT2D eigenvalue weighted by Crippen LogP contribution is -2.55. The van der Waals surface area contributed by atoms with E-state index in [9.17, 15) is 4.79 Å². The van der Waals surface area contributed by atoms with E-state index in [0.717, 1.165) is 38.3 Å². The molecule has 124 valence electrons. The van der Waals surface area contributed by atoms with E-state index in [0.29, 0.717) is 6.04 Å². The third kappa shape index (κ3) is 3.85. The zero-order valence-corrected chi connectivity index (χ0v) is 14.0. The molecule has 22 heavy (non-hydrogen) atoms. The number of rotatable bonds is 6. The summed E-state index contributed by atoms with van der Waals surface area (Å²) in [6.45, 7) is 6.20. The van der Waals surface area contributed by atoms with Crippen LogP contribution in [-0.4, -0.2) is 78.5 Å². The summed E-state index contributed by atoms with van der Waals surface area (Å²) in [6.07, 6.45) is 3.63. The van der Waals surface area contributed by atoms with Crippen molar-refractivity contribution in [2.45, 2.75) is 19.0 Å². The van der Waals surface area contributed by atoms with Gasteiger partial charge in [-0.3, -0.25) is 14.4 Å². The fourth-order valence-electron chi connectivity index (χ4n) is 2.94. The molecule has 1 amide bonds. The molecule has 7 heteroatoms. The molecule has 1 aliphatic heterocycles. The molecule has 2 unspecified atom stereocenters. The van der Waals surface area contributed by atoms with Gasteiger partial charge in [0, 0.05) is 58.1 Å². The lowest BCUT2D eigenvalue weighted by molar-refractivity contribution is -0.136. The van der Waals surface area contributed by atoms with Crippen LogP contribution < -0.4 is 5.32 Å². The lowest BCUT2D eigenvalue weighted by Gasteiger charge is -2.40. The molecule has 2 heterocycles. The number of aryl methyl sites for hydroxylation is 1. The Hall–Kier alpha value is -1.44. The van der Waals surface area contributed by atoms with E-state index in [1.807, 2.05) is 25.2 Å². The van der Waals surface area contributed by atoms with Gasteiger partial charge in [-0.05, 0) is 14.0 Å². The van der Waals surface area contributed by atoms with E-state index in [-0.39, 0.29) is 11.9 Å². The van der Waals surface area contributed by atoms with Gasteiger partial charge < -0.3 is 15.0 Å². The number of carbonyl (C=O) groups excluding carboxylic acids is 1. The number of hydrogen-bond donors (Lipinski definition) is 1. The SMILES string of the molecule is CNC(C(=O)N1CCN(CCOC)C(C)C1)c1cnn(C)c1. The van der Waals surface area contributed by atoms with Crippen LogP contribution in [0.3, 0.4) is 0 Å². The Balaban J connectivity index is 1.98. The van der Waals surface area contributed by atoms with Crippen LogP contribution in [0.15, 0.2) is 12.4 Å². The van der Waals surface area contributed by atoms with E-state index in [4.69, 9.17) is 4.74 Å². The number of methoxy groups -OCH3 is 1. The van der Waals surface area contributed by atoms with Gasteiger partial charge in [-0.15, -0.1) is 0 Å². The van der Waals surface area contributed by atoms with E-state index >= 15 is 0 Å². The summed E-state index contributed by atoms with van der Waals surface area (Å²) < 4.78 is 6.86. The number of amides is 1. The topological polar surface area (TPSA) is 62.6 Å². The number of aromatic nitrogens is 2. The minimum atomic E-state index is -0.327. The molecule has 0 saturated carbocycles. The summed E-state index contributed by atoms with van der Waals surface area (Å²) in [5.74, 6) is 0.119. The van der Waals surface area contributed by atoms with Crippen molar-refractivity contribution < 1.29 is 9.53 Å². The van der Waals surface area contributed by atoms with Crippen LogP contribution in [0.2, 0.25) is 0 Å². The molecule has 1 fully saturated rings. The zero-order valence-electron chi connectivity index (χ0n) is 14.0.